The van der Waals surface area contributed by atoms with Crippen molar-refractivity contribution in [1.29, 1.82) is 0 Å². The fourth-order valence-electron chi connectivity index (χ4n) is 2.42. The van der Waals surface area contributed by atoms with Crippen molar-refractivity contribution in [3.8, 4) is 0 Å². The SMILES string of the molecule is CCCCCc1ccc(C(C)N)c(CCCC)c1. The van der Waals surface area contributed by atoms with Crippen LogP contribution in [0.4, 0.5) is 0 Å². The van der Waals surface area contributed by atoms with Gasteiger partial charge >= 0.3 is 0 Å². The summed E-state index contributed by atoms with van der Waals surface area (Å²) < 4.78 is 0. The van der Waals surface area contributed by atoms with Gasteiger partial charge in [-0.15, -0.1) is 0 Å². The highest BCUT2D eigenvalue weighted by Gasteiger charge is 2.07. The van der Waals surface area contributed by atoms with E-state index in [2.05, 4.69) is 39.0 Å². The van der Waals surface area contributed by atoms with Gasteiger partial charge in [-0.3, -0.25) is 0 Å². The Hall–Kier alpha value is -0.820. The maximum Gasteiger partial charge on any atom is 0.0268 e. The molecule has 1 aromatic carbocycles. The fourth-order valence-corrected chi connectivity index (χ4v) is 2.42. The van der Waals surface area contributed by atoms with Gasteiger partial charge in [-0.2, -0.15) is 0 Å². The van der Waals surface area contributed by atoms with Gasteiger partial charge in [0.05, 0.1) is 0 Å². The zero-order valence-corrected chi connectivity index (χ0v) is 12.3. The molecule has 1 atom stereocenters. The Morgan fingerprint density at radius 3 is 2.33 bits per heavy atom. The molecule has 2 N–H and O–H groups in total. The molecule has 1 nitrogen and oxygen atoms in total. The van der Waals surface area contributed by atoms with E-state index in [0.717, 1.165) is 0 Å². The first-order chi connectivity index (χ1) is 8.69. The summed E-state index contributed by atoms with van der Waals surface area (Å²) in [4.78, 5) is 0. The minimum Gasteiger partial charge on any atom is -0.324 e. The Balaban J connectivity index is 2.76. The van der Waals surface area contributed by atoms with Crippen molar-refractivity contribution >= 4 is 0 Å². The summed E-state index contributed by atoms with van der Waals surface area (Å²) in [5.41, 5.74) is 10.4. The van der Waals surface area contributed by atoms with E-state index in [-0.39, 0.29) is 6.04 Å². The summed E-state index contributed by atoms with van der Waals surface area (Å²) in [7, 11) is 0. The molecule has 18 heavy (non-hydrogen) atoms. The molecule has 1 heteroatoms. The molecule has 0 amide bonds. The van der Waals surface area contributed by atoms with Crippen LogP contribution in [0.2, 0.25) is 0 Å². The van der Waals surface area contributed by atoms with Crippen LogP contribution in [0.25, 0.3) is 0 Å². The highest BCUT2D eigenvalue weighted by atomic mass is 14.6. The van der Waals surface area contributed by atoms with Crippen molar-refractivity contribution in [2.24, 2.45) is 5.73 Å². The average molecular weight is 247 g/mol. The van der Waals surface area contributed by atoms with Crippen LogP contribution in [0.3, 0.4) is 0 Å². The number of aryl methyl sites for hydroxylation is 2. The van der Waals surface area contributed by atoms with Gasteiger partial charge in [-0.05, 0) is 49.3 Å². The van der Waals surface area contributed by atoms with Crippen LogP contribution >= 0.6 is 0 Å². The Labute approximate surface area is 113 Å². The molecule has 0 aliphatic rings. The van der Waals surface area contributed by atoms with Gasteiger partial charge in [0.25, 0.3) is 0 Å². The van der Waals surface area contributed by atoms with E-state index in [1.54, 1.807) is 0 Å². The van der Waals surface area contributed by atoms with Gasteiger partial charge in [-0.1, -0.05) is 51.3 Å². The molecule has 102 valence electrons. The van der Waals surface area contributed by atoms with Crippen molar-refractivity contribution < 1.29 is 0 Å². The number of benzene rings is 1. The molecule has 0 aliphatic heterocycles. The maximum absolute atomic E-state index is 6.06. The molecule has 0 saturated carbocycles. The van der Waals surface area contributed by atoms with Gasteiger partial charge in [-0.25, -0.2) is 0 Å². The third-order valence-corrected chi connectivity index (χ3v) is 3.57. The van der Waals surface area contributed by atoms with Crippen molar-refractivity contribution in [3.05, 3.63) is 34.9 Å². The summed E-state index contributed by atoms with van der Waals surface area (Å²) in [6, 6.07) is 7.06. The number of nitrogens with two attached hydrogens (primary N) is 1. The van der Waals surface area contributed by atoms with E-state index in [1.165, 1.54) is 61.6 Å². The predicted octanol–water partition coefficient (Wildman–Crippen LogP) is 4.78. The number of rotatable bonds is 8. The lowest BCUT2D eigenvalue weighted by molar-refractivity contribution is 0.712. The monoisotopic (exact) mass is 247 g/mol. The molecule has 0 spiro atoms. The Bertz CT molecular complexity index is 341. The van der Waals surface area contributed by atoms with Gasteiger partial charge in [0.1, 0.15) is 0 Å². The van der Waals surface area contributed by atoms with E-state index in [0.29, 0.717) is 0 Å². The molecule has 1 rings (SSSR count). The summed E-state index contributed by atoms with van der Waals surface area (Å²) in [6.07, 6.45) is 8.83. The topological polar surface area (TPSA) is 26.0 Å². The zero-order valence-electron chi connectivity index (χ0n) is 12.3. The predicted molar refractivity (Wildman–Crippen MR) is 80.9 cm³/mol. The highest BCUT2D eigenvalue weighted by Crippen LogP contribution is 2.21. The zero-order chi connectivity index (χ0) is 13.4. The van der Waals surface area contributed by atoms with Crippen LogP contribution in [0.5, 0.6) is 0 Å². The molecule has 0 aromatic heterocycles. The number of unbranched alkanes of at least 4 members (excludes halogenated alkanes) is 3. The second-order valence-electron chi connectivity index (χ2n) is 5.38. The fraction of sp³-hybridized carbons (Fsp3) is 0.647. The van der Waals surface area contributed by atoms with Crippen LogP contribution in [0.15, 0.2) is 18.2 Å². The Morgan fingerprint density at radius 1 is 1.00 bits per heavy atom. The van der Waals surface area contributed by atoms with Crippen molar-refractivity contribution in [3.63, 3.8) is 0 Å². The van der Waals surface area contributed by atoms with Crippen LogP contribution in [0.1, 0.15) is 75.6 Å². The third-order valence-electron chi connectivity index (χ3n) is 3.57. The lowest BCUT2D eigenvalue weighted by atomic mass is 9.94. The van der Waals surface area contributed by atoms with E-state index in [1.807, 2.05) is 0 Å². The summed E-state index contributed by atoms with van der Waals surface area (Å²) in [5.74, 6) is 0. The number of hydrogen-bond acceptors (Lipinski definition) is 1. The first-order valence-corrected chi connectivity index (χ1v) is 7.56. The maximum atomic E-state index is 6.06. The number of hydrogen-bond donors (Lipinski definition) is 1. The third kappa shape index (κ3) is 4.81. The van der Waals surface area contributed by atoms with Crippen molar-refractivity contribution in [1.82, 2.24) is 0 Å². The summed E-state index contributed by atoms with van der Waals surface area (Å²) in [5, 5.41) is 0. The van der Waals surface area contributed by atoms with Crippen molar-refractivity contribution in [2.75, 3.05) is 0 Å². The summed E-state index contributed by atoms with van der Waals surface area (Å²) in [6.45, 7) is 6.59. The van der Waals surface area contributed by atoms with Crippen LogP contribution < -0.4 is 5.73 Å². The van der Waals surface area contributed by atoms with Crippen molar-refractivity contribution in [2.45, 2.75) is 71.8 Å². The first-order valence-electron chi connectivity index (χ1n) is 7.56. The van der Waals surface area contributed by atoms with E-state index < -0.39 is 0 Å². The van der Waals surface area contributed by atoms with Gasteiger partial charge in [0.15, 0.2) is 0 Å². The van der Waals surface area contributed by atoms with Crippen LogP contribution in [-0.4, -0.2) is 0 Å². The molecule has 0 heterocycles. The molecule has 0 fully saturated rings. The molecule has 0 saturated heterocycles. The van der Waals surface area contributed by atoms with Crippen LogP contribution in [-0.2, 0) is 12.8 Å². The minimum atomic E-state index is 0.154. The Morgan fingerprint density at radius 2 is 1.72 bits per heavy atom. The Kier molecular flexibility index (Phi) is 7.04. The molecule has 0 aliphatic carbocycles. The minimum absolute atomic E-state index is 0.154. The summed E-state index contributed by atoms with van der Waals surface area (Å²) >= 11 is 0. The average Bonchev–Trinajstić information content (AvgIpc) is 2.36. The highest BCUT2D eigenvalue weighted by molar-refractivity contribution is 5.34. The second kappa shape index (κ2) is 8.31. The van der Waals surface area contributed by atoms with Crippen LogP contribution in [0, 0.1) is 0 Å². The largest absolute Gasteiger partial charge is 0.324 e. The lowest BCUT2D eigenvalue weighted by Crippen LogP contribution is -2.09. The second-order valence-corrected chi connectivity index (χ2v) is 5.38. The van der Waals surface area contributed by atoms with Gasteiger partial charge < -0.3 is 5.73 Å². The van der Waals surface area contributed by atoms with Gasteiger partial charge in [0.2, 0.25) is 0 Å². The van der Waals surface area contributed by atoms with Gasteiger partial charge in [0, 0.05) is 6.04 Å². The first kappa shape index (κ1) is 15.2. The standard InChI is InChI=1S/C17H29N/c1-4-6-8-9-15-11-12-17(14(3)18)16(13-15)10-7-5-2/h11-14H,4-10,18H2,1-3H3. The van der Waals surface area contributed by atoms with E-state index >= 15 is 0 Å². The smallest absolute Gasteiger partial charge is 0.0268 e. The quantitative estimate of drug-likeness (QED) is 0.657. The molecule has 0 radical (unpaired) electrons. The van der Waals surface area contributed by atoms with E-state index in [9.17, 15) is 0 Å². The normalized spacial score (nSPS) is 12.7. The van der Waals surface area contributed by atoms with E-state index in [4.69, 9.17) is 5.73 Å². The molecular weight excluding hydrogens is 218 g/mol. The molecular formula is C17H29N. The molecule has 1 aromatic rings. The molecule has 1 unspecified atom stereocenters. The lowest BCUT2D eigenvalue weighted by Gasteiger charge is -2.14. The molecule has 0 bridgehead atoms.